The molecule has 1 unspecified atom stereocenters. The van der Waals surface area contributed by atoms with Crippen molar-refractivity contribution in [1.29, 1.82) is 0 Å². The summed E-state index contributed by atoms with van der Waals surface area (Å²) in [7, 11) is 0. The van der Waals surface area contributed by atoms with Gasteiger partial charge in [0.15, 0.2) is 0 Å². The minimum absolute atomic E-state index is 0.326. The van der Waals surface area contributed by atoms with Gasteiger partial charge in [0.1, 0.15) is 2.82 Å². The monoisotopic (exact) mass is 114 g/mol. The Morgan fingerprint density at radius 3 is 3.75 bits per heavy atom. The van der Waals surface area contributed by atoms with E-state index >= 15 is 0 Å². The molecule has 0 aromatic carbocycles. The molecule has 1 aromatic rings. The predicted octanol–water partition coefficient (Wildman–Crippen LogP) is -0.0891. The van der Waals surface area contributed by atoms with E-state index in [-0.39, 0.29) is 0 Å². The molecule has 0 fully saturated rings. The third-order valence-corrected chi connectivity index (χ3v) is 0.866. The van der Waals surface area contributed by atoms with Crippen molar-refractivity contribution in [2.75, 3.05) is 6.52 Å². The topological polar surface area (TPSA) is 54.7 Å². The van der Waals surface area contributed by atoms with E-state index in [2.05, 4.69) is 9.97 Å². The Morgan fingerprint density at radius 1 is 2.12 bits per heavy atom. The van der Waals surface area contributed by atoms with Crippen LogP contribution in [0.25, 0.3) is 0 Å². The molecular formula is C5H9N3. The lowest BCUT2D eigenvalue weighted by molar-refractivity contribution is 0.935. The first-order chi connectivity index (χ1) is 5.20. The van der Waals surface area contributed by atoms with E-state index < -0.39 is 6.52 Å². The molecule has 0 aliphatic carbocycles. The standard InChI is InChI=1S/C5H9N3/c6-2-1-5-3-7-4-8-5/h3-4H,1-2,6H2,(H,7,8)/i2D/hD2. The van der Waals surface area contributed by atoms with Crippen LogP contribution in [0.2, 0.25) is 2.82 Å². The fraction of sp³-hybridized carbons (Fsp3) is 0.400. The molecule has 1 heterocycles. The maximum atomic E-state index is 7.21. The summed E-state index contributed by atoms with van der Waals surface area (Å²) in [6.07, 6.45) is 3.43. The fourth-order valence-electron chi connectivity index (χ4n) is 0.495. The van der Waals surface area contributed by atoms with Crippen LogP contribution in [0.5, 0.6) is 0 Å². The van der Waals surface area contributed by atoms with E-state index in [1.807, 2.05) is 0 Å². The second-order valence-electron chi connectivity index (χ2n) is 1.46. The molecule has 0 saturated carbocycles. The van der Waals surface area contributed by atoms with E-state index in [1.165, 1.54) is 6.33 Å². The highest BCUT2D eigenvalue weighted by atomic mass is 14.9. The van der Waals surface area contributed by atoms with Gasteiger partial charge >= 0.3 is 0 Å². The van der Waals surface area contributed by atoms with Crippen LogP contribution in [-0.2, 0) is 6.42 Å². The third-order valence-electron chi connectivity index (χ3n) is 0.866. The van der Waals surface area contributed by atoms with Crippen molar-refractivity contribution in [3.63, 3.8) is 0 Å². The summed E-state index contributed by atoms with van der Waals surface area (Å²) in [4.78, 5) is 6.55. The summed E-state index contributed by atoms with van der Waals surface area (Å²) in [5.41, 5.74) is 1.13. The van der Waals surface area contributed by atoms with E-state index in [0.717, 1.165) is 5.69 Å². The lowest BCUT2D eigenvalue weighted by Crippen LogP contribution is -2.02. The lowest BCUT2D eigenvalue weighted by atomic mass is 10.3. The molecule has 0 aliphatic rings. The van der Waals surface area contributed by atoms with Crippen LogP contribution in [0, 0.1) is 0 Å². The number of nitrogens with two attached hydrogens (primary N) is 1. The Hall–Kier alpha value is -0.830. The van der Waals surface area contributed by atoms with Gasteiger partial charge in [0.05, 0.1) is 6.33 Å². The summed E-state index contributed by atoms with van der Waals surface area (Å²) < 4.78 is 20.7. The van der Waals surface area contributed by atoms with Crippen LogP contribution in [0.3, 0.4) is 0 Å². The van der Waals surface area contributed by atoms with Crippen molar-refractivity contribution in [2.24, 2.45) is 5.72 Å². The molecule has 1 aromatic heterocycles. The van der Waals surface area contributed by atoms with Crippen molar-refractivity contribution in [3.05, 3.63) is 18.2 Å². The number of rotatable bonds is 3. The first-order valence-corrected chi connectivity index (χ1v) is 2.36. The maximum Gasteiger partial charge on any atom is 0.118 e. The second kappa shape index (κ2) is 2.47. The highest BCUT2D eigenvalue weighted by molar-refractivity contribution is 4.93. The molecule has 0 amide bonds. The predicted molar refractivity (Wildman–Crippen MR) is 31.3 cm³/mol. The summed E-state index contributed by atoms with van der Waals surface area (Å²) in [6, 6.07) is 0. The number of aromatic nitrogens is 2. The van der Waals surface area contributed by atoms with Gasteiger partial charge in [0.2, 0.25) is 0 Å². The number of hydrogen-bond donors (Lipinski definition) is 2. The zero-order chi connectivity index (χ0) is 8.27. The van der Waals surface area contributed by atoms with Gasteiger partial charge in [-0.1, -0.05) is 0 Å². The molecule has 3 nitrogen and oxygen atoms in total. The summed E-state index contributed by atoms with van der Waals surface area (Å²) in [5, 5.41) is 0. The quantitative estimate of drug-likeness (QED) is 0.577. The van der Waals surface area contributed by atoms with Gasteiger partial charge in [-0.25, -0.2) is 4.98 Å². The summed E-state index contributed by atoms with van der Waals surface area (Å²) >= 11 is 0. The Kier molecular flexibility index (Phi) is 0.815. The average Bonchev–Trinajstić information content (AvgIpc) is 2.39. The summed E-state index contributed by atoms with van der Waals surface area (Å²) in [6.45, 7) is -0.851. The Labute approximate surface area is 52.3 Å². The van der Waals surface area contributed by atoms with E-state index in [4.69, 9.17) is 4.19 Å². The normalized spacial score (nSPS) is 19.4. The van der Waals surface area contributed by atoms with E-state index in [1.54, 1.807) is 6.20 Å². The molecule has 1 rings (SSSR count). The Morgan fingerprint density at radius 2 is 3.12 bits per heavy atom. The zero-order valence-corrected chi connectivity index (χ0v) is 4.33. The van der Waals surface area contributed by atoms with Crippen LogP contribution in [0.1, 0.15) is 7.06 Å². The fourth-order valence-corrected chi connectivity index (χ4v) is 0.495. The van der Waals surface area contributed by atoms with Crippen LogP contribution < -0.4 is 5.72 Å². The van der Waals surface area contributed by atoms with Gasteiger partial charge < -0.3 is 10.7 Å². The number of H-pyrrole nitrogens is 1. The van der Waals surface area contributed by atoms with Crippen molar-refractivity contribution >= 4 is 0 Å². The number of nitrogens with one attached hydrogen (secondary N) is 1. The number of hydrogen-bond acceptors (Lipinski definition) is 2. The highest BCUT2D eigenvalue weighted by Gasteiger charge is 1.86. The Balaban J connectivity index is 2.43. The molecule has 0 spiro atoms. The van der Waals surface area contributed by atoms with Crippen LogP contribution in [0.15, 0.2) is 12.5 Å². The number of aromatic amines is 1. The molecule has 1 atom stereocenters. The van der Waals surface area contributed by atoms with Crippen LogP contribution in [0.4, 0.5) is 0 Å². The Bertz CT molecular complexity index is 199. The molecule has 3 heteroatoms. The largest absolute Gasteiger partial charge is 0.348 e. The molecule has 0 saturated heterocycles. The average molecular weight is 114 g/mol. The van der Waals surface area contributed by atoms with Gasteiger partial charge in [-0.05, 0) is 6.52 Å². The van der Waals surface area contributed by atoms with Crippen molar-refractivity contribution < 1.29 is 4.19 Å². The summed E-state index contributed by atoms with van der Waals surface area (Å²) in [5.74, 6) is 0. The highest BCUT2D eigenvalue weighted by Crippen LogP contribution is 1.88. The number of imidazole rings is 1. The van der Waals surface area contributed by atoms with Crippen LogP contribution >= 0.6 is 0 Å². The zero-order valence-electron chi connectivity index (χ0n) is 7.33. The maximum absolute atomic E-state index is 7.21. The number of nitrogens with zero attached hydrogens (tertiary/aromatic N) is 1. The van der Waals surface area contributed by atoms with Gasteiger partial charge in [0.25, 0.3) is 0 Å². The first kappa shape index (κ1) is 2.64. The number of aryl methyl sites for hydroxylation is 1. The minimum Gasteiger partial charge on any atom is -0.348 e. The molecule has 0 bridgehead atoms. The van der Waals surface area contributed by atoms with Gasteiger partial charge in [-0.2, -0.15) is 0 Å². The minimum atomic E-state index is -0.851. The SMILES string of the molecule is [2H]C(Cc1cnc[nH]1)N([2H])[2H]. The van der Waals surface area contributed by atoms with E-state index in [0.29, 0.717) is 12.1 Å². The first-order valence-electron chi connectivity index (χ1n) is 3.84. The van der Waals surface area contributed by atoms with Crippen LogP contribution in [-0.4, -0.2) is 16.5 Å². The molecule has 0 aliphatic heterocycles. The van der Waals surface area contributed by atoms with Gasteiger partial charge in [-0.3, -0.25) is 0 Å². The van der Waals surface area contributed by atoms with E-state index in [9.17, 15) is 0 Å². The molecule has 3 N–H and O–H groups in total. The lowest BCUT2D eigenvalue weighted by Gasteiger charge is -1.86. The molecule has 0 radical (unpaired) electrons. The third kappa shape index (κ3) is 1.07. The smallest absolute Gasteiger partial charge is 0.118 e. The van der Waals surface area contributed by atoms with Gasteiger partial charge in [0, 0.05) is 19.7 Å². The molecular weight excluding hydrogens is 102 g/mol. The van der Waals surface area contributed by atoms with Crippen molar-refractivity contribution in [2.45, 2.75) is 6.42 Å². The van der Waals surface area contributed by atoms with Crippen molar-refractivity contribution in [1.82, 2.24) is 9.97 Å². The molecule has 8 heavy (non-hydrogen) atoms. The molecule has 44 valence electrons. The van der Waals surface area contributed by atoms with Gasteiger partial charge in [-0.15, -0.1) is 0 Å². The van der Waals surface area contributed by atoms with Crippen molar-refractivity contribution in [3.8, 4) is 0 Å². The second-order valence-corrected chi connectivity index (χ2v) is 1.46.